The van der Waals surface area contributed by atoms with E-state index >= 15 is 0 Å². The molecule has 0 aromatic heterocycles. The first kappa shape index (κ1) is 8.70. The zero-order valence-electron chi connectivity index (χ0n) is 4.87. The number of hydrogen-bond acceptors (Lipinski definition) is 3. The number of β-amino-alcohol motifs (C(OH)–C–C–N with tert-alkyl or cyclic N) is 1. The van der Waals surface area contributed by atoms with Crippen molar-refractivity contribution in [3.05, 3.63) is 0 Å². The average molecular weight is 149 g/mol. The maximum atomic E-state index is 8.82. The molecule has 1 rings (SSSR count). The summed E-state index contributed by atoms with van der Waals surface area (Å²) in [6, 6.07) is 1.90. The van der Waals surface area contributed by atoms with Gasteiger partial charge >= 0.3 is 0 Å². The third-order valence-corrected chi connectivity index (χ3v) is 1.26. The number of aliphatic hydroxyl groups excluding tert-OH is 1. The van der Waals surface area contributed by atoms with E-state index in [2.05, 4.69) is 5.32 Å². The molecule has 1 aliphatic heterocycles. The quantitative estimate of drug-likeness (QED) is 0.494. The second kappa shape index (κ2) is 3.67. The van der Waals surface area contributed by atoms with Gasteiger partial charge in [-0.15, -0.1) is 12.4 Å². The van der Waals surface area contributed by atoms with Crippen LogP contribution < -0.4 is 5.32 Å². The standard InChI is InChI=1S/C5H8N2O.ClH/c6-2-4-1-5(8)3-7-4;/h4-5,7-8H,1,3H2;1H/t4-,5-;/m0./s1. The molecule has 0 spiro atoms. The summed E-state index contributed by atoms with van der Waals surface area (Å²) < 4.78 is 0. The third-order valence-electron chi connectivity index (χ3n) is 1.26. The lowest BCUT2D eigenvalue weighted by molar-refractivity contribution is 0.195. The number of aliphatic hydroxyl groups is 1. The Kier molecular flexibility index (Phi) is 3.55. The van der Waals surface area contributed by atoms with Crippen molar-refractivity contribution in [1.82, 2.24) is 5.32 Å². The van der Waals surface area contributed by atoms with Crippen molar-refractivity contribution in [2.24, 2.45) is 0 Å². The second-order valence-electron chi connectivity index (χ2n) is 1.98. The van der Waals surface area contributed by atoms with E-state index in [1.165, 1.54) is 0 Å². The van der Waals surface area contributed by atoms with Gasteiger partial charge in [-0.2, -0.15) is 5.26 Å². The molecule has 1 aliphatic rings. The molecule has 0 radical (unpaired) electrons. The molecule has 0 unspecified atom stereocenters. The molecule has 0 amide bonds. The largest absolute Gasteiger partial charge is 0.392 e. The molecule has 0 aromatic carbocycles. The number of nitriles is 1. The maximum absolute atomic E-state index is 8.82. The molecule has 0 bridgehead atoms. The van der Waals surface area contributed by atoms with E-state index in [0.29, 0.717) is 13.0 Å². The van der Waals surface area contributed by atoms with Gasteiger partial charge in [-0.1, -0.05) is 0 Å². The van der Waals surface area contributed by atoms with Crippen molar-refractivity contribution < 1.29 is 5.11 Å². The molecule has 4 heteroatoms. The van der Waals surface area contributed by atoms with E-state index in [-0.39, 0.29) is 24.6 Å². The van der Waals surface area contributed by atoms with E-state index in [4.69, 9.17) is 10.4 Å². The van der Waals surface area contributed by atoms with Gasteiger partial charge in [0.2, 0.25) is 0 Å². The van der Waals surface area contributed by atoms with Crippen molar-refractivity contribution in [2.45, 2.75) is 18.6 Å². The Hall–Kier alpha value is -0.300. The van der Waals surface area contributed by atoms with Crippen LogP contribution in [0.3, 0.4) is 0 Å². The number of rotatable bonds is 0. The molecule has 0 saturated carbocycles. The Labute approximate surface area is 60.1 Å². The predicted octanol–water partition coefficient (Wildman–Crippen LogP) is -0.345. The van der Waals surface area contributed by atoms with Crippen LogP contribution in [0, 0.1) is 11.3 Å². The Morgan fingerprint density at radius 2 is 2.33 bits per heavy atom. The topological polar surface area (TPSA) is 56.0 Å². The van der Waals surface area contributed by atoms with E-state index in [1.54, 1.807) is 0 Å². The first-order valence-corrected chi connectivity index (χ1v) is 2.64. The third kappa shape index (κ3) is 2.19. The summed E-state index contributed by atoms with van der Waals surface area (Å²) >= 11 is 0. The fourth-order valence-electron chi connectivity index (χ4n) is 0.815. The normalized spacial score (nSPS) is 32.9. The summed E-state index contributed by atoms with van der Waals surface area (Å²) in [6.07, 6.45) is 0.274. The van der Waals surface area contributed by atoms with Crippen LogP contribution >= 0.6 is 12.4 Å². The zero-order valence-corrected chi connectivity index (χ0v) is 5.69. The van der Waals surface area contributed by atoms with Gasteiger partial charge in [-0.05, 0) is 0 Å². The fourth-order valence-corrected chi connectivity index (χ4v) is 0.815. The molecular formula is C5H9ClN2O. The lowest BCUT2D eigenvalue weighted by atomic mass is 10.2. The summed E-state index contributed by atoms with van der Waals surface area (Å²) in [5.41, 5.74) is 0. The fraction of sp³-hybridized carbons (Fsp3) is 0.800. The minimum Gasteiger partial charge on any atom is -0.392 e. The number of nitrogens with zero attached hydrogens (tertiary/aromatic N) is 1. The first-order valence-electron chi connectivity index (χ1n) is 2.64. The molecule has 2 atom stereocenters. The second-order valence-corrected chi connectivity index (χ2v) is 1.98. The molecule has 0 aliphatic carbocycles. The number of halogens is 1. The molecule has 52 valence electrons. The Morgan fingerprint density at radius 3 is 2.56 bits per heavy atom. The van der Waals surface area contributed by atoms with Crippen LogP contribution in [0.5, 0.6) is 0 Å². The van der Waals surface area contributed by atoms with Crippen molar-refractivity contribution in [3.8, 4) is 6.07 Å². The highest BCUT2D eigenvalue weighted by Crippen LogP contribution is 2.03. The smallest absolute Gasteiger partial charge is 0.0979 e. The van der Waals surface area contributed by atoms with Crippen LogP contribution in [0.25, 0.3) is 0 Å². The van der Waals surface area contributed by atoms with Gasteiger partial charge in [0.05, 0.1) is 18.2 Å². The minimum absolute atomic E-state index is 0. The Morgan fingerprint density at radius 1 is 1.67 bits per heavy atom. The minimum atomic E-state index is -0.306. The van der Waals surface area contributed by atoms with Crippen LogP contribution in [0.4, 0.5) is 0 Å². The van der Waals surface area contributed by atoms with Gasteiger partial charge in [-0.3, -0.25) is 5.32 Å². The molecular weight excluding hydrogens is 140 g/mol. The molecule has 3 nitrogen and oxygen atoms in total. The Balaban J connectivity index is 0.000000640. The highest BCUT2D eigenvalue weighted by molar-refractivity contribution is 5.85. The van der Waals surface area contributed by atoms with Gasteiger partial charge in [-0.25, -0.2) is 0 Å². The van der Waals surface area contributed by atoms with Gasteiger partial charge in [0.25, 0.3) is 0 Å². The molecule has 9 heavy (non-hydrogen) atoms. The van der Waals surface area contributed by atoms with Crippen LogP contribution in [0.1, 0.15) is 6.42 Å². The van der Waals surface area contributed by atoms with Crippen molar-refractivity contribution in [2.75, 3.05) is 6.54 Å². The number of nitrogens with one attached hydrogen (secondary N) is 1. The lowest BCUT2D eigenvalue weighted by Crippen LogP contribution is -2.19. The number of hydrogen-bond donors (Lipinski definition) is 2. The van der Waals surface area contributed by atoms with Gasteiger partial charge in [0, 0.05) is 13.0 Å². The molecule has 1 saturated heterocycles. The molecule has 0 aromatic rings. The monoisotopic (exact) mass is 148 g/mol. The summed E-state index contributed by atoms with van der Waals surface area (Å²) in [5.74, 6) is 0. The maximum Gasteiger partial charge on any atom is 0.0979 e. The SMILES string of the molecule is Cl.N#C[C@@H]1C[C@H](O)CN1. The van der Waals surface area contributed by atoms with Crippen LogP contribution in [-0.2, 0) is 0 Å². The Bertz CT molecular complexity index is 123. The predicted molar refractivity (Wildman–Crippen MR) is 35.3 cm³/mol. The summed E-state index contributed by atoms with van der Waals surface area (Å²) in [5, 5.41) is 19.9. The highest BCUT2D eigenvalue weighted by Gasteiger charge is 2.20. The molecule has 1 heterocycles. The van der Waals surface area contributed by atoms with Gasteiger partial charge in [0.1, 0.15) is 0 Å². The van der Waals surface area contributed by atoms with Crippen molar-refractivity contribution in [3.63, 3.8) is 0 Å². The van der Waals surface area contributed by atoms with E-state index < -0.39 is 0 Å². The first-order chi connectivity index (χ1) is 3.83. The van der Waals surface area contributed by atoms with Crippen LogP contribution in [0.2, 0.25) is 0 Å². The van der Waals surface area contributed by atoms with Gasteiger partial charge in [0.15, 0.2) is 0 Å². The summed E-state index contributed by atoms with van der Waals surface area (Å²) in [6.45, 7) is 0.568. The highest BCUT2D eigenvalue weighted by atomic mass is 35.5. The van der Waals surface area contributed by atoms with Crippen molar-refractivity contribution >= 4 is 12.4 Å². The van der Waals surface area contributed by atoms with Crippen LogP contribution in [0.15, 0.2) is 0 Å². The van der Waals surface area contributed by atoms with Crippen LogP contribution in [-0.4, -0.2) is 23.8 Å². The lowest BCUT2D eigenvalue weighted by Gasteiger charge is -1.92. The average Bonchev–Trinajstić information content (AvgIpc) is 2.14. The molecule has 2 N–H and O–H groups in total. The zero-order chi connectivity index (χ0) is 5.98. The molecule has 1 fully saturated rings. The van der Waals surface area contributed by atoms with E-state index in [9.17, 15) is 0 Å². The van der Waals surface area contributed by atoms with E-state index in [0.717, 1.165) is 0 Å². The van der Waals surface area contributed by atoms with Gasteiger partial charge < -0.3 is 5.11 Å². The summed E-state index contributed by atoms with van der Waals surface area (Å²) in [4.78, 5) is 0. The summed E-state index contributed by atoms with van der Waals surface area (Å²) in [7, 11) is 0. The van der Waals surface area contributed by atoms with E-state index in [1.807, 2.05) is 6.07 Å². The van der Waals surface area contributed by atoms with Crippen molar-refractivity contribution in [1.29, 1.82) is 5.26 Å².